The number of nitrogens with zero attached hydrogens (tertiary/aromatic N) is 4. The van der Waals surface area contributed by atoms with Crippen molar-refractivity contribution in [3.63, 3.8) is 0 Å². The van der Waals surface area contributed by atoms with Crippen LogP contribution in [0.4, 0.5) is 0 Å². The summed E-state index contributed by atoms with van der Waals surface area (Å²) in [5.74, 6) is 0.0497. The van der Waals surface area contributed by atoms with Crippen LogP contribution in [0.25, 0.3) is 0 Å². The Bertz CT molecular complexity index is 736. The van der Waals surface area contributed by atoms with E-state index in [0.29, 0.717) is 17.7 Å². The third kappa shape index (κ3) is 3.61. The third-order valence-corrected chi connectivity index (χ3v) is 4.37. The van der Waals surface area contributed by atoms with Crippen LogP contribution in [-0.2, 0) is 6.54 Å². The number of hydrogen-bond acceptors (Lipinski definition) is 4. The van der Waals surface area contributed by atoms with Crippen LogP contribution in [0.5, 0.6) is 0 Å². The Balaban J connectivity index is 1.60. The van der Waals surface area contributed by atoms with Crippen molar-refractivity contribution in [1.29, 1.82) is 5.26 Å². The van der Waals surface area contributed by atoms with Crippen LogP contribution in [0.2, 0.25) is 0 Å². The number of rotatable bonds is 3. The molecular formula is C19H20N4O. The fourth-order valence-electron chi connectivity index (χ4n) is 3.08. The first-order valence-electron chi connectivity index (χ1n) is 8.10. The number of hydrogen-bond donors (Lipinski definition) is 0. The molecule has 1 saturated heterocycles. The van der Waals surface area contributed by atoms with Gasteiger partial charge in [0, 0.05) is 44.6 Å². The molecule has 1 aliphatic heterocycles. The molecule has 1 aromatic carbocycles. The number of piperazine rings is 1. The molecule has 0 bridgehead atoms. The maximum atomic E-state index is 12.6. The van der Waals surface area contributed by atoms with Gasteiger partial charge in [-0.3, -0.25) is 14.7 Å². The van der Waals surface area contributed by atoms with Gasteiger partial charge in [-0.2, -0.15) is 5.26 Å². The number of carbonyl (C=O) groups is 1. The standard InChI is InChI=1S/C19H20N4O/c1-15-13-22(14-17-6-4-16(11-20)5-7-17)9-10-23(15)19(24)18-3-2-8-21-12-18/h2-8,12,15H,9-10,13-14H2,1H3. The van der Waals surface area contributed by atoms with Crippen LogP contribution < -0.4 is 0 Å². The topological polar surface area (TPSA) is 60.2 Å². The number of nitriles is 1. The monoisotopic (exact) mass is 320 g/mol. The minimum atomic E-state index is 0.0497. The lowest BCUT2D eigenvalue weighted by Gasteiger charge is -2.40. The lowest BCUT2D eigenvalue weighted by molar-refractivity contribution is 0.0475. The van der Waals surface area contributed by atoms with E-state index in [4.69, 9.17) is 5.26 Å². The first-order valence-corrected chi connectivity index (χ1v) is 8.10. The minimum Gasteiger partial charge on any atom is -0.333 e. The summed E-state index contributed by atoms with van der Waals surface area (Å²) in [6.45, 7) is 5.32. The molecule has 0 saturated carbocycles. The van der Waals surface area contributed by atoms with Gasteiger partial charge in [0.15, 0.2) is 0 Å². The molecule has 5 heteroatoms. The van der Waals surface area contributed by atoms with Gasteiger partial charge in [0.1, 0.15) is 0 Å². The maximum Gasteiger partial charge on any atom is 0.255 e. The number of carbonyl (C=O) groups excluding carboxylic acids is 1. The van der Waals surface area contributed by atoms with Crippen molar-refractivity contribution in [3.05, 3.63) is 65.5 Å². The van der Waals surface area contributed by atoms with E-state index in [1.54, 1.807) is 18.5 Å². The second-order valence-electron chi connectivity index (χ2n) is 6.13. The van der Waals surface area contributed by atoms with Gasteiger partial charge in [-0.1, -0.05) is 12.1 Å². The van der Waals surface area contributed by atoms with Crippen LogP contribution in [0.15, 0.2) is 48.8 Å². The molecular weight excluding hydrogens is 300 g/mol. The Morgan fingerprint density at radius 2 is 2.08 bits per heavy atom. The first-order chi connectivity index (χ1) is 11.7. The largest absolute Gasteiger partial charge is 0.333 e. The van der Waals surface area contributed by atoms with Gasteiger partial charge in [0.05, 0.1) is 17.2 Å². The quantitative estimate of drug-likeness (QED) is 0.870. The average molecular weight is 320 g/mol. The normalized spacial score (nSPS) is 18.2. The molecule has 1 amide bonds. The highest BCUT2D eigenvalue weighted by Crippen LogP contribution is 2.16. The van der Waals surface area contributed by atoms with E-state index in [2.05, 4.69) is 22.9 Å². The average Bonchev–Trinajstić information content (AvgIpc) is 2.63. The highest BCUT2D eigenvalue weighted by molar-refractivity contribution is 5.94. The van der Waals surface area contributed by atoms with Gasteiger partial charge in [-0.15, -0.1) is 0 Å². The van der Waals surface area contributed by atoms with E-state index in [0.717, 1.165) is 19.6 Å². The molecule has 0 radical (unpaired) electrons. The highest BCUT2D eigenvalue weighted by atomic mass is 16.2. The lowest BCUT2D eigenvalue weighted by Crippen LogP contribution is -2.53. The van der Waals surface area contributed by atoms with Gasteiger partial charge in [0.25, 0.3) is 5.91 Å². The Morgan fingerprint density at radius 1 is 1.29 bits per heavy atom. The summed E-state index contributed by atoms with van der Waals surface area (Å²) in [5.41, 5.74) is 2.51. The van der Waals surface area contributed by atoms with Crippen LogP contribution in [0.3, 0.4) is 0 Å². The summed E-state index contributed by atoms with van der Waals surface area (Å²) < 4.78 is 0. The second kappa shape index (κ2) is 7.24. The number of pyridine rings is 1. The summed E-state index contributed by atoms with van der Waals surface area (Å²) in [7, 11) is 0. The molecule has 24 heavy (non-hydrogen) atoms. The molecule has 1 unspecified atom stereocenters. The van der Waals surface area contributed by atoms with Crippen molar-refractivity contribution < 1.29 is 4.79 Å². The Kier molecular flexibility index (Phi) is 4.88. The SMILES string of the molecule is CC1CN(Cc2ccc(C#N)cc2)CCN1C(=O)c1cccnc1. The Morgan fingerprint density at radius 3 is 2.71 bits per heavy atom. The van der Waals surface area contributed by atoms with E-state index in [-0.39, 0.29) is 11.9 Å². The maximum absolute atomic E-state index is 12.6. The summed E-state index contributed by atoms with van der Waals surface area (Å²) in [5, 5.41) is 8.86. The van der Waals surface area contributed by atoms with Crippen molar-refractivity contribution in [1.82, 2.24) is 14.8 Å². The first kappa shape index (κ1) is 16.2. The zero-order valence-electron chi connectivity index (χ0n) is 13.7. The van der Waals surface area contributed by atoms with E-state index in [9.17, 15) is 4.79 Å². The van der Waals surface area contributed by atoms with Gasteiger partial charge >= 0.3 is 0 Å². The molecule has 2 heterocycles. The van der Waals surface area contributed by atoms with Gasteiger partial charge in [-0.25, -0.2) is 0 Å². The predicted octanol–water partition coefficient (Wildman–Crippen LogP) is 2.30. The molecule has 5 nitrogen and oxygen atoms in total. The summed E-state index contributed by atoms with van der Waals surface area (Å²) in [6, 6.07) is 13.6. The van der Waals surface area contributed by atoms with Crippen LogP contribution in [0, 0.1) is 11.3 Å². The minimum absolute atomic E-state index is 0.0497. The third-order valence-electron chi connectivity index (χ3n) is 4.37. The zero-order chi connectivity index (χ0) is 16.9. The van der Waals surface area contributed by atoms with E-state index in [1.165, 1.54) is 5.56 Å². The van der Waals surface area contributed by atoms with Gasteiger partial charge < -0.3 is 4.90 Å². The smallest absolute Gasteiger partial charge is 0.255 e. The van der Waals surface area contributed by atoms with Gasteiger partial charge in [-0.05, 0) is 36.8 Å². The molecule has 3 rings (SSSR count). The van der Waals surface area contributed by atoms with Crippen molar-refractivity contribution >= 4 is 5.91 Å². The van der Waals surface area contributed by atoms with E-state index < -0.39 is 0 Å². The molecule has 0 aliphatic carbocycles. The molecule has 2 aromatic rings. The van der Waals surface area contributed by atoms with Crippen molar-refractivity contribution in [2.45, 2.75) is 19.5 Å². The van der Waals surface area contributed by atoms with Crippen LogP contribution >= 0.6 is 0 Å². The molecule has 0 N–H and O–H groups in total. The number of aromatic nitrogens is 1. The predicted molar refractivity (Wildman–Crippen MR) is 91.2 cm³/mol. The van der Waals surface area contributed by atoms with Crippen molar-refractivity contribution in [3.8, 4) is 6.07 Å². The molecule has 1 atom stereocenters. The Labute approximate surface area is 142 Å². The number of benzene rings is 1. The van der Waals surface area contributed by atoms with E-state index in [1.807, 2.05) is 35.2 Å². The fourth-order valence-corrected chi connectivity index (χ4v) is 3.08. The van der Waals surface area contributed by atoms with Crippen LogP contribution in [0.1, 0.15) is 28.4 Å². The molecule has 1 fully saturated rings. The molecule has 0 spiro atoms. The summed E-state index contributed by atoms with van der Waals surface area (Å²) in [4.78, 5) is 20.9. The lowest BCUT2D eigenvalue weighted by atomic mass is 10.1. The summed E-state index contributed by atoms with van der Waals surface area (Å²) >= 11 is 0. The molecule has 1 aromatic heterocycles. The zero-order valence-corrected chi connectivity index (χ0v) is 13.7. The van der Waals surface area contributed by atoms with E-state index >= 15 is 0 Å². The molecule has 122 valence electrons. The highest BCUT2D eigenvalue weighted by Gasteiger charge is 2.28. The van der Waals surface area contributed by atoms with Crippen molar-refractivity contribution in [2.24, 2.45) is 0 Å². The fraction of sp³-hybridized carbons (Fsp3) is 0.316. The summed E-state index contributed by atoms with van der Waals surface area (Å²) in [6.07, 6.45) is 3.30. The number of amides is 1. The van der Waals surface area contributed by atoms with Gasteiger partial charge in [0.2, 0.25) is 0 Å². The second-order valence-corrected chi connectivity index (χ2v) is 6.13. The Hall–Kier alpha value is -2.71. The van der Waals surface area contributed by atoms with Crippen molar-refractivity contribution in [2.75, 3.05) is 19.6 Å². The molecule has 1 aliphatic rings. The van der Waals surface area contributed by atoms with Crippen LogP contribution in [-0.4, -0.2) is 46.4 Å².